The van der Waals surface area contributed by atoms with E-state index in [2.05, 4.69) is 31.0 Å². The molecular weight excluding hydrogens is 246 g/mol. The second kappa shape index (κ2) is 4.65. The third-order valence-electron chi connectivity index (χ3n) is 3.49. The Bertz CT molecular complexity index is 541. The summed E-state index contributed by atoms with van der Waals surface area (Å²) in [5.74, 6) is 0.536. The van der Waals surface area contributed by atoms with Gasteiger partial charge in [-0.1, -0.05) is 44.5 Å². The molecule has 0 aliphatic heterocycles. The van der Waals surface area contributed by atoms with Crippen molar-refractivity contribution in [1.29, 1.82) is 0 Å². The zero-order chi connectivity index (χ0) is 13.3. The molecule has 0 saturated heterocycles. The molecular formula is C14H18ClN3. The van der Waals surface area contributed by atoms with Crippen molar-refractivity contribution in [3.05, 3.63) is 35.0 Å². The molecule has 18 heavy (non-hydrogen) atoms. The van der Waals surface area contributed by atoms with E-state index < -0.39 is 0 Å². The van der Waals surface area contributed by atoms with Crippen LogP contribution in [0.4, 0.5) is 5.82 Å². The Hall–Kier alpha value is -1.48. The van der Waals surface area contributed by atoms with Crippen LogP contribution in [0.3, 0.4) is 0 Å². The minimum atomic E-state index is 0.0135. The number of anilines is 1. The van der Waals surface area contributed by atoms with Crippen LogP contribution in [-0.4, -0.2) is 10.2 Å². The second-order valence-electron chi connectivity index (χ2n) is 5.10. The topological polar surface area (TPSA) is 54.7 Å². The molecule has 1 aromatic carbocycles. The van der Waals surface area contributed by atoms with Crippen LogP contribution in [0.15, 0.2) is 24.3 Å². The molecule has 2 aromatic rings. The highest BCUT2D eigenvalue weighted by Crippen LogP contribution is 2.37. The fourth-order valence-electron chi connectivity index (χ4n) is 1.93. The van der Waals surface area contributed by atoms with E-state index in [1.54, 1.807) is 0 Å². The van der Waals surface area contributed by atoms with Crippen LogP contribution < -0.4 is 5.73 Å². The first-order valence-electron chi connectivity index (χ1n) is 6.06. The molecule has 0 radical (unpaired) electrons. The maximum Gasteiger partial charge on any atom is 0.153 e. The Morgan fingerprint density at radius 3 is 2.44 bits per heavy atom. The molecule has 96 valence electrons. The van der Waals surface area contributed by atoms with E-state index in [0.717, 1.165) is 28.3 Å². The first-order valence-corrected chi connectivity index (χ1v) is 6.43. The van der Waals surface area contributed by atoms with Crippen molar-refractivity contribution in [2.45, 2.75) is 32.6 Å². The van der Waals surface area contributed by atoms with Gasteiger partial charge in [0.2, 0.25) is 0 Å². The van der Waals surface area contributed by atoms with Gasteiger partial charge in [-0.2, -0.15) is 5.10 Å². The molecule has 0 aliphatic rings. The average Bonchev–Trinajstić information content (AvgIpc) is 2.73. The molecule has 1 aromatic heterocycles. The van der Waals surface area contributed by atoms with Crippen LogP contribution in [-0.2, 0) is 5.41 Å². The molecule has 0 bridgehead atoms. The van der Waals surface area contributed by atoms with E-state index in [4.69, 9.17) is 17.3 Å². The van der Waals surface area contributed by atoms with Gasteiger partial charge in [0.25, 0.3) is 0 Å². The number of nitrogens with one attached hydrogen (secondary N) is 1. The fraction of sp³-hybridized carbons (Fsp3) is 0.357. The summed E-state index contributed by atoms with van der Waals surface area (Å²) in [5, 5.41) is 7.94. The van der Waals surface area contributed by atoms with E-state index in [0.29, 0.717) is 5.82 Å². The molecule has 0 fully saturated rings. The van der Waals surface area contributed by atoms with E-state index >= 15 is 0 Å². The summed E-state index contributed by atoms with van der Waals surface area (Å²) in [5.41, 5.74) is 9.10. The molecule has 0 atom stereocenters. The summed E-state index contributed by atoms with van der Waals surface area (Å²) in [4.78, 5) is 0. The lowest BCUT2D eigenvalue weighted by Gasteiger charge is -2.22. The number of H-pyrrole nitrogens is 1. The monoisotopic (exact) mass is 263 g/mol. The van der Waals surface area contributed by atoms with Crippen LogP contribution in [0.5, 0.6) is 0 Å². The van der Waals surface area contributed by atoms with E-state index in [1.165, 1.54) is 0 Å². The number of halogens is 1. The summed E-state index contributed by atoms with van der Waals surface area (Å²) in [7, 11) is 0. The Kier molecular flexibility index (Phi) is 3.35. The lowest BCUT2D eigenvalue weighted by molar-refractivity contribution is 0.490. The third kappa shape index (κ3) is 2.23. The normalized spacial score (nSPS) is 11.8. The largest absolute Gasteiger partial charge is 0.382 e. The highest BCUT2D eigenvalue weighted by atomic mass is 35.5. The molecule has 0 amide bonds. The van der Waals surface area contributed by atoms with Crippen molar-refractivity contribution in [1.82, 2.24) is 10.2 Å². The van der Waals surface area contributed by atoms with Crippen molar-refractivity contribution >= 4 is 17.4 Å². The van der Waals surface area contributed by atoms with Crippen LogP contribution in [0.1, 0.15) is 32.9 Å². The van der Waals surface area contributed by atoms with Crippen LogP contribution in [0, 0.1) is 0 Å². The van der Waals surface area contributed by atoms with Gasteiger partial charge in [-0.25, -0.2) is 0 Å². The lowest BCUT2D eigenvalue weighted by atomic mass is 9.83. The van der Waals surface area contributed by atoms with Gasteiger partial charge < -0.3 is 5.73 Å². The van der Waals surface area contributed by atoms with Gasteiger partial charge in [0.15, 0.2) is 5.82 Å². The number of hydrogen-bond donors (Lipinski definition) is 2. The minimum Gasteiger partial charge on any atom is -0.382 e. The maximum absolute atomic E-state index is 5.99. The molecule has 0 spiro atoms. The molecule has 3 N–H and O–H groups in total. The maximum atomic E-state index is 5.99. The van der Waals surface area contributed by atoms with Crippen molar-refractivity contribution in [2.75, 3.05) is 5.73 Å². The van der Waals surface area contributed by atoms with E-state index in [1.807, 2.05) is 24.3 Å². The third-order valence-corrected chi connectivity index (χ3v) is 3.74. The van der Waals surface area contributed by atoms with Crippen molar-refractivity contribution in [3.8, 4) is 11.1 Å². The zero-order valence-corrected chi connectivity index (χ0v) is 11.7. The van der Waals surface area contributed by atoms with Gasteiger partial charge in [-0.15, -0.1) is 0 Å². The molecule has 2 rings (SSSR count). The average molecular weight is 264 g/mol. The Morgan fingerprint density at radius 2 is 1.89 bits per heavy atom. The number of aromatic amines is 1. The van der Waals surface area contributed by atoms with Crippen molar-refractivity contribution in [3.63, 3.8) is 0 Å². The summed E-state index contributed by atoms with van der Waals surface area (Å²) < 4.78 is 0. The van der Waals surface area contributed by atoms with Crippen LogP contribution in [0.25, 0.3) is 11.1 Å². The minimum absolute atomic E-state index is 0.0135. The number of hydrogen-bond acceptors (Lipinski definition) is 2. The number of aromatic nitrogens is 2. The number of benzene rings is 1. The number of nitrogens with two attached hydrogens (primary N) is 1. The number of rotatable bonds is 3. The van der Waals surface area contributed by atoms with Gasteiger partial charge in [0.05, 0.1) is 5.69 Å². The zero-order valence-electron chi connectivity index (χ0n) is 10.9. The Balaban J connectivity index is 2.57. The van der Waals surface area contributed by atoms with Gasteiger partial charge in [-0.3, -0.25) is 5.10 Å². The van der Waals surface area contributed by atoms with Gasteiger partial charge in [0, 0.05) is 16.0 Å². The van der Waals surface area contributed by atoms with Gasteiger partial charge in [-0.05, 0) is 24.1 Å². The molecule has 0 unspecified atom stereocenters. The first kappa shape index (κ1) is 13.0. The Labute approximate surface area is 112 Å². The molecule has 1 heterocycles. The van der Waals surface area contributed by atoms with Crippen LogP contribution >= 0.6 is 11.6 Å². The predicted octanol–water partition coefficient (Wildman–Crippen LogP) is 4.00. The lowest BCUT2D eigenvalue weighted by Crippen LogP contribution is -2.17. The van der Waals surface area contributed by atoms with Crippen molar-refractivity contribution in [2.24, 2.45) is 0 Å². The predicted molar refractivity (Wildman–Crippen MR) is 76.8 cm³/mol. The van der Waals surface area contributed by atoms with E-state index in [9.17, 15) is 0 Å². The standard InChI is InChI=1S/C14H18ClN3/c1-4-14(2,3)12-11(13(16)18-17-12)9-5-7-10(15)8-6-9/h5-8H,4H2,1-3H3,(H3,16,17,18). The molecule has 4 heteroatoms. The summed E-state index contributed by atoms with van der Waals surface area (Å²) in [6.45, 7) is 6.52. The smallest absolute Gasteiger partial charge is 0.153 e. The van der Waals surface area contributed by atoms with Gasteiger partial charge in [0.1, 0.15) is 0 Å². The van der Waals surface area contributed by atoms with E-state index in [-0.39, 0.29) is 5.41 Å². The number of nitrogen functional groups attached to an aromatic ring is 1. The quantitative estimate of drug-likeness (QED) is 0.879. The van der Waals surface area contributed by atoms with Crippen LogP contribution in [0.2, 0.25) is 5.02 Å². The SMILES string of the molecule is CCC(C)(C)c1[nH]nc(N)c1-c1ccc(Cl)cc1. The highest BCUT2D eigenvalue weighted by molar-refractivity contribution is 6.30. The van der Waals surface area contributed by atoms with Gasteiger partial charge >= 0.3 is 0 Å². The van der Waals surface area contributed by atoms with Crippen molar-refractivity contribution < 1.29 is 0 Å². The first-order chi connectivity index (χ1) is 8.45. The summed E-state index contributed by atoms with van der Waals surface area (Å²) in [6, 6.07) is 7.68. The second-order valence-corrected chi connectivity index (χ2v) is 5.54. The fourth-order valence-corrected chi connectivity index (χ4v) is 2.06. The summed E-state index contributed by atoms with van der Waals surface area (Å²) in [6.07, 6.45) is 1.01. The molecule has 0 aliphatic carbocycles. The summed E-state index contributed by atoms with van der Waals surface area (Å²) >= 11 is 5.92. The highest BCUT2D eigenvalue weighted by Gasteiger charge is 2.26. The number of nitrogens with zero attached hydrogens (tertiary/aromatic N) is 1. The molecule has 0 saturated carbocycles. The Morgan fingerprint density at radius 1 is 1.28 bits per heavy atom. The molecule has 3 nitrogen and oxygen atoms in total.